The number of rotatable bonds is 2. The summed E-state index contributed by atoms with van der Waals surface area (Å²) in [5.74, 6) is -0.613. The van der Waals surface area contributed by atoms with E-state index in [4.69, 9.17) is 5.73 Å². The van der Waals surface area contributed by atoms with Gasteiger partial charge in [-0.3, -0.25) is 9.89 Å². The molecule has 0 saturated carbocycles. The number of aromatic nitrogens is 2. The van der Waals surface area contributed by atoms with E-state index >= 15 is 0 Å². The van der Waals surface area contributed by atoms with E-state index in [1.807, 2.05) is 0 Å². The number of nitrogens with zero attached hydrogens (tertiary/aromatic N) is 1. The number of benzene rings is 2. The monoisotopic (exact) mass is 305 g/mol. The molecule has 0 saturated heterocycles. The Bertz CT molecular complexity index is 868. The van der Waals surface area contributed by atoms with E-state index in [1.165, 1.54) is 18.2 Å². The number of hydrogen-bond acceptors (Lipinski definition) is 2. The van der Waals surface area contributed by atoms with Gasteiger partial charge in [-0.25, -0.2) is 0 Å². The molecule has 1 aromatic heterocycles. The van der Waals surface area contributed by atoms with E-state index < -0.39 is 17.6 Å². The Kier molecular flexibility index (Phi) is 3.13. The highest BCUT2D eigenvalue weighted by Gasteiger charge is 2.31. The first-order valence-electron chi connectivity index (χ1n) is 6.32. The second-order valence-corrected chi connectivity index (χ2v) is 4.78. The lowest BCUT2D eigenvalue weighted by atomic mass is 10.0. The third-order valence-corrected chi connectivity index (χ3v) is 3.31. The summed E-state index contributed by atoms with van der Waals surface area (Å²) >= 11 is 0. The van der Waals surface area contributed by atoms with Crippen LogP contribution in [0.5, 0.6) is 0 Å². The van der Waals surface area contributed by atoms with Crippen molar-refractivity contribution < 1.29 is 18.0 Å². The van der Waals surface area contributed by atoms with Crippen molar-refractivity contribution in [2.24, 2.45) is 5.73 Å². The molecule has 0 bridgehead atoms. The second kappa shape index (κ2) is 4.87. The Morgan fingerprint density at radius 2 is 1.91 bits per heavy atom. The van der Waals surface area contributed by atoms with E-state index in [1.54, 1.807) is 12.1 Å². The Morgan fingerprint density at radius 3 is 2.59 bits per heavy atom. The zero-order chi connectivity index (χ0) is 15.9. The standard InChI is InChI=1S/C15H10F3N3O/c16-15(17,18)10-4-5-12-11(7-10)13(21-20-12)8-2-1-3-9(6-8)14(19)22/h1-7H,(H2,19,22)(H,20,21). The third-order valence-electron chi connectivity index (χ3n) is 3.31. The Balaban J connectivity index is 2.19. The fourth-order valence-electron chi connectivity index (χ4n) is 2.23. The summed E-state index contributed by atoms with van der Waals surface area (Å²) in [6.45, 7) is 0. The van der Waals surface area contributed by atoms with Gasteiger partial charge in [-0.05, 0) is 30.3 Å². The average Bonchev–Trinajstić information content (AvgIpc) is 2.89. The van der Waals surface area contributed by atoms with Crippen LogP contribution in [0.2, 0.25) is 0 Å². The largest absolute Gasteiger partial charge is 0.416 e. The molecule has 0 spiro atoms. The summed E-state index contributed by atoms with van der Waals surface area (Å²) < 4.78 is 38.5. The first-order valence-corrected chi connectivity index (χ1v) is 6.32. The number of nitrogens with one attached hydrogen (secondary N) is 1. The van der Waals surface area contributed by atoms with Crippen LogP contribution >= 0.6 is 0 Å². The first kappa shape index (κ1) is 14.1. The summed E-state index contributed by atoms with van der Waals surface area (Å²) in [6, 6.07) is 9.63. The van der Waals surface area contributed by atoms with Gasteiger partial charge in [0, 0.05) is 16.5 Å². The van der Waals surface area contributed by atoms with Gasteiger partial charge in [0.1, 0.15) is 0 Å². The van der Waals surface area contributed by atoms with Gasteiger partial charge in [-0.15, -0.1) is 0 Å². The maximum absolute atomic E-state index is 12.8. The number of amides is 1. The number of hydrogen-bond donors (Lipinski definition) is 2. The van der Waals surface area contributed by atoms with Gasteiger partial charge >= 0.3 is 6.18 Å². The molecule has 4 nitrogen and oxygen atoms in total. The van der Waals surface area contributed by atoms with Gasteiger partial charge in [0.05, 0.1) is 16.8 Å². The molecule has 22 heavy (non-hydrogen) atoms. The molecule has 0 unspecified atom stereocenters. The van der Waals surface area contributed by atoms with Gasteiger partial charge < -0.3 is 5.73 Å². The summed E-state index contributed by atoms with van der Waals surface area (Å²) in [7, 11) is 0. The van der Waals surface area contributed by atoms with Crippen LogP contribution in [-0.4, -0.2) is 16.1 Å². The van der Waals surface area contributed by atoms with E-state index in [2.05, 4.69) is 10.2 Å². The SMILES string of the molecule is NC(=O)c1cccc(-c2n[nH]c3ccc(C(F)(F)F)cc23)c1. The van der Waals surface area contributed by atoms with Crippen molar-refractivity contribution in [2.75, 3.05) is 0 Å². The number of aromatic amines is 1. The lowest BCUT2D eigenvalue weighted by molar-refractivity contribution is -0.137. The third kappa shape index (κ3) is 2.41. The van der Waals surface area contributed by atoms with Crippen LogP contribution < -0.4 is 5.73 Å². The van der Waals surface area contributed by atoms with Gasteiger partial charge in [0.15, 0.2) is 0 Å². The van der Waals surface area contributed by atoms with Crippen molar-refractivity contribution in [2.45, 2.75) is 6.18 Å². The Labute approximate surface area is 122 Å². The smallest absolute Gasteiger partial charge is 0.366 e. The highest BCUT2D eigenvalue weighted by Crippen LogP contribution is 2.34. The van der Waals surface area contributed by atoms with E-state index in [0.717, 1.165) is 12.1 Å². The van der Waals surface area contributed by atoms with Crippen molar-refractivity contribution in [3.05, 3.63) is 53.6 Å². The zero-order valence-corrected chi connectivity index (χ0v) is 11.1. The molecule has 0 radical (unpaired) electrons. The number of nitrogens with two attached hydrogens (primary N) is 1. The van der Waals surface area contributed by atoms with E-state index in [-0.39, 0.29) is 5.56 Å². The van der Waals surface area contributed by atoms with Crippen molar-refractivity contribution in [1.29, 1.82) is 0 Å². The number of alkyl halides is 3. The molecular formula is C15H10F3N3O. The molecule has 1 amide bonds. The molecule has 1 heterocycles. The quantitative estimate of drug-likeness (QED) is 0.762. The lowest BCUT2D eigenvalue weighted by Crippen LogP contribution is -2.10. The summed E-state index contributed by atoms with van der Waals surface area (Å²) in [5.41, 5.74) is 6.05. The van der Waals surface area contributed by atoms with Crippen molar-refractivity contribution in [1.82, 2.24) is 10.2 Å². The molecule has 2 aromatic carbocycles. The number of H-pyrrole nitrogens is 1. The van der Waals surface area contributed by atoms with Crippen LogP contribution in [0.1, 0.15) is 15.9 Å². The minimum Gasteiger partial charge on any atom is -0.366 e. The van der Waals surface area contributed by atoms with Crippen LogP contribution in [0.25, 0.3) is 22.2 Å². The van der Waals surface area contributed by atoms with Crippen LogP contribution in [-0.2, 0) is 6.18 Å². The maximum atomic E-state index is 12.8. The number of fused-ring (bicyclic) bond motifs is 1. The van der Waals surface area contributed by atoms with E-state index in [0.29, 0.717) is 22.2 Å². The fourth-order valence-corrected chi connectivity index (χ4v) is 2.23. The van der Waals surface area contributed by atoms with Crippen molar-refractivity contribution in [3.63, 3.8) is 0 Å². The van der Waals surface area contributed by atoms with Crippen LogP contribution in [0.15, 0.2) is 42.5 Å². The number of halogens is 3. The summed E-state index contributed by atoms with van der Waals surface area (Å²) in [6.07, 6.45) is -4.43. The highest BCUT2D eigenvalue weighted by molar-refractivity contribution is 5.97. The summed E-state index contributed by atoms with van der Waals surface area (Å²) in [4.78, 5) is 11.2. The normalized spacial score (nSPS) is 11.8. The topological polar surface area (TPSA) is 71.8 Å². The number of carbonyl (C=O) groups is 1. The number of primary amides is 1. The summed E-state index contributed by atoms with van der Waals surface area (Å²) in [5, 5.41) is 7.06. The molecule has 3 aromatic rings. The van der Waals surface area contributed by atoms with Crippen LogP contribution in [0.3, 0.4) is 0 Å². The molecule has 3 rings (SSSR count). The molecule has 0 aliphatic heterocycles. The Morgan fingerprint density at radius 1 is 1.14 bits per heavy atom. The fraction of sp³-hybridized carbons (Fsp3) is 0.0667. The Hall–Kier alpha value is -2.83. The molecule has 0 atom stereocenters. The number of carbonyl (C=O) groups excluding carboxylic acids is 1. The minimum absolute atomic E-state index is 0.264. The van der Waals surface area contributed by atoms with Gasteiger partial charge in [0.25, 0.3) is 0 Å². The minimum atomic E-state index is -4.43. The molecule has 0 aliphatic rings. The van der Waals surface area contributed by atoms with Gasteiger partial charge in [-0.1, -0.05) is 12.1 Å². The lowest BCUT2D eigenvalue weighted by Gasteiger charge is -2.06. The second-order valence-electron chi connectivity index (χ2n) is 4.78. The van der Waals surface area contributed by atoms with E-state index in [9.17, 15) is 18.0 Å². The van der Waals surface area contributed by atoms with Crippen molar-refractivity contribution >= 4 is 16.8 Å². The predicted octanol–water partition coefficient (Wildman–Crippen LogP) is 3.35. The molecule has 7 heteroatoms. The molecule has 3 N–H and O–H groups in total. The zero-order valence-electron chi connectivity index (χ0n) is 11.1. The van der Waals surface area contributed by atoms with Crippen molar-refractivity contribution in [3.8, 4) is 11.3 Å². The maximum Gasteiger partial charge on any atom is 0.416 e. The average molecular weight is 305 g/mol. The molecule has 0 aliphatic carbocycles. The molecule has 0 fully saturated rings. The van der Waals surface area contributed by atoms with Gasteiger partial charge in [0.2, 0.25) is 5.91 Å². The molecular weight excluding hydrogens is 295 g/mol. The van der Waals surface area contributed by atoms with Gasteiger partial charge in [-0.2, -0.15) is 18.3 Å². The highest BCUT2D eigenvalue weighted by atomic mass is 19.4. The molecule has 112 valence electrons. The van der Waals surface area contributed by atoms with Crippen LogP contribution in [0.4, 0.5) is 13.2 Å². The predicted molar refractivity (Wildman–Crippen MR) is 75.0 cm³/mol. The van der Waals surface area contributed by atoms with Crippen LogP contribution in [0, 0.1) is 0 Å². The first-order chi connectivity index (χ1) is 10.4.